The number of amidine groups is 1. The van der Waals surface area contributed by atoms with Crippen LogP contribution in [0.25, 0.3) is 0 Å². The summed E-state index contributed by atoms with van der Waals surface area (Å²) in [5, 5.41) is 11.9. The molecule has 6 heteroatoms. The molecule has 0 aliphatic carbocycles. The molecule has 0 saturated heterocycles. The number of nitrogens with zero attached hydrogens (tertiary/aromatic N) is 2. The lowest BCUT2D eigenvalue weighted by Gasteiger charge is -2.13. The molecule has 104 valence electrons. The van der Waals surface area contributed by atoms with E-state index in [9.17, 15) is 0 Å². The van der Waals surface area contributed by atoms with E-state index in [0.29, 0.717) is 17.2 Å². The number of aryl methyl sites for hydroxylation is 2. The van der Waals surface area contributed by atoms with Gasteiger partial charge in [-0.15, -0.1) is 0 Å². The number of hydrogen-bond acceptors (Lipinski definition) is 4. The van der Waals surface area contributed by atoms with Crippen LogP contribution in [0, 0.1) is 13.8 Å². The van der Waals surface area contributed by atoms with Gasteiger partial charge in [-0.1, -0.05) is 17.3 Å². The molecule has 2 aromatic rings. The Morgan fingerprint density at radius 2 is 2.05 bits per heavy atom. The molecule has 0 unspecified atom stereocenters. The van der Waals surface area contributed by atoms with Crippen LogP contribution in [0.5, 0.6) is 11.6 Å². The van der Waals surface area contributed by atoms with Crippen molar-refractivity contribution in [2.45, 2.75) is 13.8 Å². The van der Waals surface area contributed by atoms with Crippen molar-refractivity contribution in [3.63, 3.8) is 0 Å². The first-order valence-electron chi connectivity index (χ1n) is 5.91. The Labute approximate surface area is 125 Å². The van der Waals surface area contributed by atoms with Crippen molar-refractivity contribution >= 4 is 21.8 Å². The largest absolute Gasteiger partial charge is 0.437 e. The minimum atomic E-state index is -0.0305. The third-order valence-electron chi connectivity index (χ3n) is 2.72. The average molecular weight is 336 g/mol. The van der Waals surface area contributed by atoms with Gasteiger partial charge in [0.25, 0.3) is 0 Å². The van der Waals surface area contributed by atoms with E-state index >= 15 is 0 Å². The average Bonchev–Trinajstić information content (AvgIpc) is 2.40. The molecule has 3 N–H and O–H groups in total. The summed E-state index contributed by atoms with van der Waals surface area (Å²) in [6.45, 7) is 3.71. The second-order valence-corrected chi connectivity index (χ2v) is 5.13. The minimum absolute atomic E-state index is 0.0305. The Morgan fingerprint density at radius 3 is 2.70 bits per heavy atom. The Bertz CT molecular complexity index is 671. The second-order valence-electron chi connectivity index (χ2n) is 4.28. The van der Waals surface area contributed by atoms with Crippen molar-refractivity contribution < 1.29 is 9.94 Å². The normalized spacial score (nSPS) is 11.4. The standard InChI is InChI=1S/C14H14BrN3O2/c1-8-7-9(2)17-14(12(8)13(16)18-19)20-11-6-4-3-5-10(11)15/h3-7,19H,1-2H3,(H2,16,18). The number of aromatic nitrogens is 1. The summed E-state index contributed by atoms with van der Waals surface area (Å²) in [6, 6.07) is 9.25. The molecule has 0 radical (unpaired) electrons. The van der Waals surface area contributed by atoms with Crippen molar-refractivity contribution in [3.05, 3.63) is 51.6 Å². The van der Waals surface area contributed by atoms with Crippen LogP contribution in [0.15, 0.2) is 40.0 Å². The zero-order chi connectivity index (χ0) is 14.7. The van der Waals surface area contributed by atoms with Gasteiger partial charge in [-0.05, 0) is 53.5 Å². The SMILES string of the molecule is Cc1cc(C)c(/C(N)=N/O)c(Oc2ccccc2Br)n1. The van der Waals surface area contributed by atoms with E-state index in [1.807, 2.05) is 38.1 Å². The number of benzene rings is 1. The predicted octanol–water partition coefficient (Wildman–Crippen LogP) is 3.35. The van der Waals surface area contributed by atoms with Gasteiger partial charge in [-0.2, -0.15) is 0 Å². The maximum absolute atomic E-state index is 8.90. The smallest absolute Gasteiger partial charge is 0.230 e. The van der Waals surface area contributed by atoms with Crippen molar-refractivity contribution in [1.82, 2.24) is 4.98 Å². The monoisotopic (exact) mass is 335 g/mol. The van der Waals surface area contributed by atoms with Crippen LogP contribution in [0.3, 0.4) is 0 Å². The molecule has 20 heavy (non-hydrogen) atoms. The summed E-state index contributed by atoms with van der Waals surface area (Å²) >= 11 is 3.41. The van der Waals surface area contributed by atoms with Crippen LogP contribution < -0.4 is 10.5 Å². The highest BCUT2D eigenvalue weighted by Crippen LogP contribution is 2.31. The van der Waals surface area contributed by atoms with Gasteiger partial charge in [0.2, 0.25) is 5.88 Å². The molecule has 0 aliphatic rings. The summed E-state index contributed by atoms with van der Waals surface area (Å²) in [7, 11) is 0. The van der Waals surface area contributed by atoms with Crippen LogP contribution in [0.4, 0.5) is 0 Å². The quantitative estimate of drug-likeness (QED) is 0.390. The first-order chi connectivity index (χ1) is 9.52. The Kier molecular flexibility index (Phi) is 4.24. The van der Waals surface area contributed by atoms with Gasteiger partial charge in [0.05, 0.1) is 10.0 Å². The molecule has 1 aromatic heterocycles. The van der Waals surface area contributed by atoms with Crippen molar-refractivity contribution in [1.29, 1.82) is 0 Å². The van der Waals surface area contributed by atoms with Gasteiger partial charge in [0, 0.05) is 5.69 Å². The van der Waals surface area contributed by atoms with Gasteiger partial charge < -0.3 is 15.7 Å². The first kappa shape index (κ1) is 14.3. The van der Waals surface area contributed by atoms with Gasteiger partial charge >= 0.3 is 0 Å². The fourth-order valence-electron chi connectivity index (χ4n) is 1.87. The van der Waals surface area contributed by atoms with E-state index < -0.39 is 0 Å². The van der Waals surface area contributed by atoms with Crippen molar-refractivity contribution in [2.75, 3.05) is 0 Å². The van der Waals surface area contributed by atoms with Crippen molar-refractivity contribution in [3.8, 4) is 11.6 Å². The van der Waals surface area contributed by atoms with Crippen molar-refractivity contribution in [2.24, 2.45) is 10.9 Å². The summed E-state index contributed by atoms with van der Waals surface area (Å²) in [5.74, 6) is 0.888. The van der Waals surface area contributed by atoms with Gasteiger partial charge in [-0.3, -0.25) is 0 Å². The predicted molar refractivity (Wildman–Crippen MR) is 80.4 cm³/mol. The highest BCUT2D eigenvalue weighted by Gasteiger charge is 2.16. The lowest BCUT2D eigenvalue weighted by Crippen LogP contribution is -2.17. The summed E-state index contributed by atoms with van der Waals surface area (Å²) in [6.07, 6.45) is 0. The van der Waals surface area contributed by atoms with Crippen LogP contribution in [0.2, 0.25) is 0 Å². The van der Waals surface area contributed by atoms with Crippen LogP contribution in [-0.4, -0.2) is 16.0 Å². The van der Waals surface area contributed by atoms with E-state index in [-0.39, 0.29) is 5.84 Å². The summed E-state index contributed by atoms with van der Waals surface area (Å²) in [4.78, 5) is 4.32. The van der Waals surface area contributed by atoms with Crippen LogP contribution in [0.1, 0.15) is 16.8 Å². The number of oxime groups is 1. The number of rotatable bonds is 3. The maximum atomic E-state index is 8.90. The molecule has 0 amide bonds. The van der Waals surface area contributed by atoms with Gasteiger partial charge in [-0.25, -0.2) is 4.98 Å². The molecule has 1 heterocycles. The molecule has 0 atom stereocenters. The van der Waals surface area contributed by atoms with E-state index in [1.165, 1.54) is 0 Å². The third kappa shape index (κ3) is 2.91. The zero-order valence-corrected chi connectivity index (χ0v) is 12.7. The number of pyridine rings is 1. The molecule has 0 fully saturated rings. The molecule has 0 saturated carbocycles. The molecule has 2 rings (SSSR count). The third-order valence-corrected chi connectivity index (χ3v) is 3.37. The number of ether oxygens (including phenoxy) is 1. The molecular weight excluding hydrogens is 322 g/mol. The van der Waals surface area contributed by atoms with E-state index in [4.69, 9.17) is 15.7 Å². The summed E-state index contributed by atoms with van der Waals surface area (Å²) in [5.41, 5.74) is 7.81. The number of hydrogen-bond donors (Lipinski definition) is 2. The number of nitrogens with two attached hydrogens (primary N) is 1. The fraction of sp³-hybridized carbons (Fsp3) is 0.143. The van der Waals surface area contributed by atoms with E-state index in [2.05, 4.69) is 26.1 Å². The van der Waals surface area contributed by atoms with E-state index in [1.54, 1.807) is 6.07 Å². The maximum Gasteiger partial charge on any atom is 0.230 e. The number of para-hydroxylation sites is 1. The van der Waals surface area contributed by atoms with Crippen LogP contribution >= 0.6 is 15.9 Å². The zero-order valence-electron chi connectivity index (χ0n) is 11.1. The molecule has 0 spiro atoms. The first-order valence-corrected chi connectivity index (χ1v) is 6.70. The molecule has 1 aromatic carbocycles. The Balaban J connectivity index is 2.53. The van der Waals surface area contributed by atoms with Crippen LogP contribution in [-0.2, 0) is 0 Å². The summed E-state index contributed by atoms with van der Waals surface area (Å²) < 4.78 is 6.59. The Hall–Kier alpha value is -2.08. The van der Waals surface area contributed by atoms with Gasteiger partial charge in [0.1, 0.15) is 5.75 Å². The molecular formula is C14H14BrN3O2. The second kappa shape index (κ2) is 5.92. The highest BCUT2D eigenvalue weighted by atomic mass is 79.9. The Morgan fingerprint density at radius 1 is 1.35 bits per heavy atom. The topological polar surface area (TPSA) is 80.7 Å². The minimum Gasteiger partial charge on any atom is -0.437 e. The fourth-order valence-corrected chi connectivity index (χ4v) is 2.24. The molecule has 5 nitrogen and oxygen atoms in total. The highest BCUT2D eigenvalue weighted by molar-refractivity contribution is 9.10. The van der Waals surface area contributed by atoms with Gasteiger partial charge in [0.15, 0.2) is 5.84 Å². The molecule has 0 aliphatic heterocycles. The lowest BCUT2D eigenvalue weighted by molar-refractivity contribution is 0.318. The number of halogens is 1. The van der Waals surface area contributed by atoms with E-state index in [0.717, 1.165) is 15.7 Å². The molecule has 0 bridgehead atoms. The lowest BCUT2D eigenvalue weighted by atomic mass is 10.1.